The third kappa shape index (κ3) is 3.23. The lowest BCUT2D eigenvalue weighted by Crippen LogP contribution is -2.50. The van der Waals surface area contributed by atoms with Gasteiger partial charge in [-0.3, -0.25) is 9.59 Å². The van der Waals surface area contributed by atoms with Gasteiger partial charge in [0.05, 0.1) is 12.6 Å². The molecule has 23 heavy (non-hydrogen) atoms. The molecule has 1 aromatic rings. The van der Waals surface area contributed by atoms with Crippen LogP contribution in [0.5, 0.6) is 0 Å². The number of rotatable bonds is 4. The van der Waals surface area contributed by atoms with Crippen LogP contribution in [0.15, 0.2) is 24.3 Å². The first-order chi connectivity index (χ1) is 11.1. The van der Waals surface area contributed by atoms with Crippen molar-refractivity contribution in [1.29, 1.82) is 0 Å². The number of amides is 2. The van der Waals surface area contributed by atoms with Crippen molar-refractivity contribution < 1.29 is 19.4 Å². The summed E-state index contributed by atoms with van der Waals surface area (Å²) in [5.41, 5.74) is 1.64. The van der Waals surface area contributed by atoms with Crippen molar-refractivity contribution in [2.45, 2.75) is 31.4 Å². The Morgan fingerprint density at radius 2 is 2.04 bits per heavy atom. The van der Waals surface area contributed by atoms with E-state index in [2.05, 4.69) is 5.32 Å². The lowest BCUT2D eigenvalue weighted by atomic mass is 9.85. The van der Waals surface area contributed by atoms with E-state index < -0.39 is 6.04 Å². The number of nitrogens with one attached hydrogen (secondary N) is 1. The molecule has 0 unspecified atom stereocenters. The SMILES string of the molecule is CN1C(=O)CO[C@H](c2ccc(NC(=O)C3CCC3)cc2)[C@H]1CO. The van der Waals surface area contributed by atoms with E-state index in [1.54, 1.807) is 7.05 Å². The van der Waals surface area contributed by atoms with E-state index >= 15 is 0 Å². The van der Waals surface area contributed by atoms with Crippen LogP contribution in [-0.4, -0.2) is 48.1 Å². The molecule has 1 saturated carbocycles. The number of aliphatic hydroxyl groups is 1. The maximum atomic E-state index is 11.9. The molecule has 1 aliphatic heterocycles. The number of carbonyl (C=O) groups is 2. The number of hydrogen-bond acceptors (Lipinski definition) is 4. The summed E-state index contributed by atoms with van der Waals surface area (Å²) in [6.45, 7) is -0.148. The van der Waals surface area contributed by atoms with Gasteiger partial charge in [-0.1, -0.05) is 18.6 Å². The van der Waals surface area contributed by atoms with Crippen LogP contribution in [0.3, 0.4) is 0 Å². The van der Waals surface area contributed by atoms with Gasteiger partial charge in [-0.15, -0.1) is 0 Å². The molecule has 0 radical (unpaired) electrons. The van der Waals surface area contributed by atoms with Crippen LogP contribution >= 0.6 is 0 Å². The third-order valence-electron chi connectivity index (χ3n) is 4.80. The molecular weight excluding hydrogens is 296 g/mol. The minimum atomic E-state index is -0.397. The van der Waals surface area contributed by atoms with E-state index in [1.807, 2.05) is 24.3 Å². The van der Waals surface area contributed by atoms with Gasteiger partial charge in [0.15, 0.2) is 0 Å². The Morgan fingerprint density at radius 3 is 2.61 bits per heavy atom. The number of carbonyl (C=O) groups excluding carboxylic acids is 2. The Balaban J connectivity index is 1.68. The first-order valence-corrected chi connectivity index (χ1v) is 7.99. The number of morpholine rings is 1. The zero-order valence-electron chi connectivity index (χ0n) is 13.2. The Hall–Kier alpha value is -1.92. The van der Waals surface area contributed by atoms with Crippen molar-refractivity contribution in [2.75, 3.05) is 25.6 Å². The molecule has 0 spiro atoms. The molecule has 2 N–H and O–H groups in total. The zero-order chi connectivity index (χ0) is 16.4. The van der Waals surface area contributed by atoms with E-state index in [9.17, 15) is 14.7 Å². The molecule has 1 saturated heterocycles. The van der Waals surface area contributed by atoms with Gasteiger partial charge in [0.25, 0.3) is 0 Å². The number of nitrogens with zero attached hydrogens (tertiary/aromatic N) is 1. The molecule has 1 aliphatic carbocycles. The van der Waals surface area contributed by atoms with Crippen LogP contribution in [0.1, 0.15) is 30.9 Å². The number of aliphatic hydroxyl groups excluding tert-OH is 1. The second kappa shape index (κ2) is 6.68. The van der Waals surface area contributed by atoms with Crippen molar-refractivity contribution in [3.05, 3.63) is 29.8 Å². The number of likely N-dealkylation sites (N-methyl/N-ethyl adjacent to an activating group) is 1. The van der Waals surface area contributed by atoms with Crippen molar-refractivity contribution in [1.82, 2.24) is 4.90 Å². The van der Waals surface area contributed by atoms with Crippen LogP contribution in [0.25, 0.3) is 0 Å². The van der Waals surface area contributed by atoms with Crippen LogP contribution in [0, 0.1) is 5.92 Å². The van der Waals surface area contributed by atoms with Gasteiger partial charge in [0.2, 0.25) is 11.8 Å². The smallest absolute Gasteiger partial charge is 0.248 e. The molecule has 0 aromatic heterocycles. The molecular formula is C17H22N2O4. The second-order valence-electron chi connectivity index (χ2n) is 6.23. The minimum absolute atomic E-state index is 0.0117. The highest BCUT2D eigenvalue weighted by Gasteiger charge is 2.35. The normalized spacial score (nSPS) is 25.1. The number of ether oxygens (including phenoxy) is 1. The number of benzene rings is 1. The molecule has 124 valence electrons. The molecule has 3 rings (SSSR count). The summed E-state index contributed by atoms with van der Waals surface area (Å²) in [5, 5.41) is 12.5. The summed E-state index contributed by atoms with van der Waals surface area (Å²) >= 11 is 0. The molecule has 6 heteroatoms. The Kier molecular flexibility index (Phi) is 4.63. The van der Waals surface area contributed by atoms with E-state index in [-0.39, 0.29) is 37.0 Å². The van der Waals surface area contributed by atoms with Crippen molar-refractivity contribution in [2.24, 2.45) is 5.92 Å². The maximum absolute atomic E-state index is 11.9. The largest absolute Gasteiger partial charge is 0.394 e. The molecule has 6 nitrogen and oxygen atoms in total. The van der Waals surface area contributed by atoms with Gasteiger partial charge in [-0.25, -0.2) is 0 Å². The van der Waals surface area contributed by atoms with Gasteiger partial charge >= 0.3 is 0 Å². The highest BCUT2D eigenvalue weighted by atomic mass is 16.5. The molecule has 0 bridgehead atoms. The van der Waals surface area contributed by atoms with Crippen LogP contribution in [0.4, 0.5) is 5.69 Å². The predicted molar refractivity (Wildman–Crippen MR) is 84.7 cm³/mol. The maximum Gasteiger partial charge on any atom is 0.248 e. The lowest BCUT2D eigenvalue weighted by molar-refractivity contribution is -0.157. The Bertz CT molecular complexity index is 583. The van der Waals surface area contributed by atoms with E-state index in [4.69, 9.17) is 4.74 Å². The fraction of sp³-hybridized carbons (Fsp3) is 0.529. The summed E-state index contributed by atoms with van der Waals surface area (Å²) in [7, 11) is 1.67. The molecule has 2 fully saturated rings. The topological polar surface area (TPSA) is 78.9 Å². The third-order valence-corrected chi connectivity index (χ3v) is 4.80. The standard InChI is InChI=1S/C17H22N2O4/c1-19-14(9-20)16(23-10-15(19)21)11-5-7-13(8-6-11)18-17(22)12-3-2-4-12/h5-8,12,14,16,20H,2-4,9-10H2,1H3,(H,18,22)/t14-,16-/m1/s1. The summed E-state index contributed by atoms with van der Waals surface area (Å²) in [6.07, 6.45) is 2.71. The number of hydrogen-bond donors (Lipinski definition) is 2. The highest BCUT2D eigenvalue weighted by Crippen LogP contribution is 2.30. The minimum Gasteiger partial charge on any atom is -0.394 e. The summed E-state index contributed by atoms with van der Waals surface area (Å²) in [6, 6.07) is 7.01. The molecule has 1 aromatic carbocycles. The molecule has 2 atom stereocenters. The molecule has 2 amide bonds. The van der Waals surface area contributed by atoms with Crippen molar-refractivity contribution in [3.63, 3.8) is 0 Å². The summed E-state index contributed by atoms with van der Waals surface area (Å²) < 4.78 is 5.60. The van der Waals surface area contributed by atoms with Crippen molar-refractivity contribution >= 4 is 17.5 Å². The van der Waals surface area contributed by atoms with Gasteiger partial charge < -0.3 is 20.1 Å². The van der Waals surface area contributed by atoms with Crippen LogP contribution in [0.2, 0.25) is 0 Å². The fourth-order valence-electron chi connectivity index (χ4n) is 2.97. The summed E-state index contributed by atoms with van der Waals surface area (Å²) in [5.74, 6) is 0.0935. The molecule has 1 heterocycles. The average Bonchev–Trinajstić information content (AvgIpc) is 2.49. The van der Waals surface area contributed by atoms with Gasteiger partial charge in [-0.05, 0) is 30.5 Å². The highest BCUT2D eigenvalue weighted by molar-refractivity contribution is 5.93. The second-order valence-corrected chi connectivity index (χ2v) is 6.23. The van der Waals surface area contributed by atoms with Gasteiger partial charge in [0, 0.05) is 18.7 Å². The van der Waals surface area contributed by atoms with Gasteiger partial charge in [-0.2, -0.15) is 0 Å². The molecule has 2 aliphatic rings. The Labute approximate surface area is 135 Å². The average molecular weight is 318 g/mol. The van der Waals surface area contributed by atoms with Crippen LogP contribution in [-0.2, 0) is 14.3 Å². The van der Waals surface area contributed by atoms with Crippen LogP contribution < -0.4 is 5.32 Å². The van der Waals surface area contributed by atoms with E-state index in [0.717, 1.165) is 30.5 Å². The quantitative estimate of drug-likeness (QED) is 0.877. The first kappa shape index (κ1) is 16.0. The fourth-order valence-corrected chi connectivity index (χ4v) is 2.97. The van der Waals surface area contributed by atoms with Gasteiger partial charge in [0.1, 0.15) is 12.7 Å². The Morgan fingerprint density at radius 1 is 1.35 bits per heavy atom. The first-order valence-electron chi connectivity index (χ1n) is 7.99. The predicted octanol–water partition coefficient (Wildman–Crippen LogP) is 1.32. The van der Waals surface area contributed by atoms with Crippen molar-refractivity contribution in [3.8, 4) is 0 Å². The lowest BCUT2D eigenvalue weighted by Gasteiger charge is -2.38. The monoisotopic (exact) mass is 318 g/mol. The van der Waals surface area contributed by atoms with E-state index in [1.165, 1.54) is 4.90 Å². The zero-order valence-corrected chi connectivity index (χ0v) is 13.2. The number of anilines is 1. The summed E-state index contributed by atoms with van der Waals surface area (Å²) in [4.78, 5) is 25.1. The van der Waals surface area contributed by atoms with E-state index in [0.29, 0.717) is 0 Å².